The van der Waals surface area contributed by atoms with Crippen molar-refractivity contribution < 1.29 is 28.6 Å². The van der Waals surface area contributed by atoms with Crippen LogP contribution in [0.5, 0.6) is 11.5 Å². The van der Waals surface area contributed by atoms with E-state index < -0.39 is 17.6 Å². The molecule has 0 spiro atoms. The Labute approximate surface area is 200 Å². The molecule has 0 fully saturated rings. The van der Waals surface area contributed by atoms with Gasteiger partial charge >= 0.3 is 6.09 Å². The Morgan fingerprint density at radius 3 is 2.26 bits per heavy atom. The number of methoxy groups -OCH3 is 2. The second-order valence-corrected chi connectivity index (χ2v) is 8.60. The molecular weight excluding hydrogens is 438 g/mol. The van der Waals surface area contributed by atoms with Crippen LogP contribution in [0.2, 0.25) is 0 Å². The van der Waals surface area contributed by atoms with E-state index in [-0.39, 0.29) is 25.0 Å². The lowest BCUT2D eigenvalue weighted by Crippen LogP contribution is -2.39. The number of benzene rings is 2. The number of alkyl carbamates (subject to hydrolysis) is 1. The van der Waals surface area contributed by atoms with E-state index in [1.54, 1.807) is 65.3 Å². The van der Waals surface area contributed by atoms with E-state index in [9.17, 15) is 14.4 Å². The van der Waals surface area contributed by atoms with Crippen molar-refractivity contribution in [2.24, 2.45) is 0 Å². The van der Waals surface area contributed by atoms with E-state index in [1.807, 2.05) is 19.1 Å². The molecule has 0 aliphatic carbocycles. The first-order valence-corrected chi connectivity index (χ1v) is 10.9. The molecule has 0 saturated carbocycles. The van der Waals surface area contributed by atoms with E-state index in [2.05, 4.69) is 16.0 Å². The summed E-state index contributed by atoms with van der Waals surface area (Å²) in [7, 11) is 3.12. The Morgan fingerprint density at radius 2 is 1.62 bits per heavy atom. The van der Waals surface area contributed by atoms with Crippen molar-refractivity contribution in [1.29, 1.82) is 0 Å². The van der Waals surface area contributed by atoms with Crippen LogP contribution in [0.4, 0.5) is 4.79 Å². The lowest BCUT2D eigenvalue weighted by atomic mass is 10.0. The van der Waals surface area contributed by atoms with Crippen LogP contribution >= 0.6 is 0 Å². The minimum Gasteiger partial charge on any atom is -0.493 e. The van der Waals surface area contributed by atoms with Crippen LogP contribution in [0.25, 0.3) is 0 Å². The summed E-state index contributed by atoms with van der Waals surface area (Å²) in [4.78, 5) is 36.8. The molecule has 2 aromatic rings. The summed E-state index contributed by atoms with van der Waals surface area (Å²) in [5, 5.41) is 8.08. The highest BCUT2D eigenvalue weighted by molar-refractivity contribution is 5.96. The Kier molecular flexibility index (Phi) is 9.29. The summed E-state index contributed by atoms with van der Waals surface area (Å²) in [5.41, 5.74) is 1.28. The Balaban J connectivity index is 1.98. The van der Waals surface area contributed by atoms with Gasteiger partial charge in [0.15, 0.2) is 11.5 Å². The number of ether oxygens (including phenoxy) is 3. The van der Waals surface area contributed by atoms with E-state index in [4.69, 9.17) is 14.2 Å². The summed E-state index contributed by atoms with van der Waals surface area (Å²) in [6.45, 7) is 6.97. The number of carbonyl (C=O) groups is 3. The molecule has 1 unspecified atom stereocenters. The molecule has 0 aliphatic heterocycles. The summed E-state index contributed by atoms with van der Waals surface area (Å²) >= 11 is 0. The smallest absolute Gasteiger partial charge is 0.408 e. The predicted molar refractivity (Wildman–Crippen MR) is 128 cm³/mol. The number of rotatable bonds is 9. The molecule has 34 heavy (non-hydrogen) atoms. The molecule has 9 nitrogen and oxygen atoms in total. The zero-order chi connectivity index (χ0) is 25.3. The van der Waals surface area contributed by atoms with Crippen LogP contribution in [0.1, 0.15) is 55.2 Å². The molecule has 3 N–H and O–H groups in total. The molecule has 0 heterocycles. The topological polar surface area (TPSA) is 115 Å². The minimum absolute atomic E-state index is 0.128. The average molecular weight is 472 g/mol. The second-order valence-electron chi connectivity index (χ2n) is 8.60. The fourth-order valence-electron chi connectivity index (χ4n) is 3.10. The molecular formula is C25H33N3O6. The van der Waals surface area contributed by atoms with Crippen molar-refractivity contribution in [2.75, 3.05) is 20.8 Å². The molecule has 0 saturated heterocycles. The molecule has 9 heteroatoms. The molecule has 3 amide bonds. The van der Waals surface area contributed by atoms with Gasteiger partial charge in [-0.2, -0.15) is 0 Å². The van der Waals surface area contributed by atoms with Gasteiger partial charge in [-0.05, 0) is 57.0 Å². The monoisotopic (exact) mass is 471 g/mol. The lowest BCUT2D eigenvalue weighted by Gasteiger charge is -2.19. The summed E-state index contributed by atoms with van der Waals surface area (Å²) in [5.74, 6) is 0.495. The van der Waals surface area contributed by atoms with Gasteiger partial charge in [0, 0.05) is 12.1 Å². The molecule has 2 rings (SSSR count). The summed E-state index contributed by atoms with van der Waals surface area (Å²) < 4.78 is 15.7. The molecule has 0 aliphatic rings. The number of hydrogen-bond donors (Lipinski definition) is 3. The highest BCUT2D eigenvalue weighted by Gasteiger charge is 2.18. The van der Waals surface area contributed by atoms with Crippen molar-refractivity contribution in [1.82, 2.24) is 16.0 Å². The molecule has 0 aromatic heterocycles. The van der Waals surface area contributed by atoms with Crippen molar-refractivity contribution in [3.63, 3.8) is 0 Å². The van der Waals surface area contributed by atoms with Gasteiger partial charge in [0.25, 0.3) is 5.91 Å². The maximum Gasteiger partial charge on any atom is 0.408 e. The maximum absolute atomic E-state index is 13.0. The van der Waals surface area contributed by atoms with Crippen molar-refractivity contribution in [3.05, 3.63) is 59.2 Å². The first-order valence-electron chi connectivity index (χ1n) is 10.9. The first-order chi connectivity index (χ1) is 16.0. The van der Waals surface area contributed by atoms with Crippen molar-refractivity contribution in [3.8, 4) is 11.5 Å². The van der Waals surface area contributed by atoms with Crippen LogP contribution in [0.15, 0.2) is 42.5 Å². The standard InChI is InChI=1S/C25H33N3O6/c1-16(17-11-12-20(32-5)21(13-17)33-6)28-23(30)19-10-8-7-9-18(19)14-26-22(29)15-27-24(31)34-25(2,3)4/h7-13,16H,14-15H2,1-6H3,(H,26,29)(H,27,31)(H,28,30). The van der Waals surface area contributed by atoms with E-state index >= 15 is 0 Å². The zero-order valence-electron chi connectivity index (χ0n) is 20.5. The largest absolute Gasteiger partial charge is 0.493 e. The SMILES string of the molecule is COc1ccc(C(C)NC(=O)c2ccccc2CNC(=O)CNC(=O)OC(C)(C)C)cc1OC. The third-order valence-corrected chi connectivity index (χ3v) is 4.79. The first kappa shape index (κ1) is 26.5. The van der Waals surface area contributed by atoms with Gasteiger partial charge in [0.05, 0.1) is 20.3 Å². The second kappa shape index (κ2) is 11.9. The van der Waals surface area contributed by atoms with Gasteiger partial charge in [-0.15, -0.1) is 0 Å². The van der Waals surface area contributed by atoms with Crippen molar-refractivity contribution >= 4 is 17.9 Å². The van der Waals surface area contributed by atoms with Gasteiger partial charge in [0.1, 0.15) is 12.1 Å². The fraction of sp³-hybridized carbons (Fsp3) is 0.400. The third kappa shape index (κ3) is 7.99. The van der Waals surface area contributed by atoms with Crippen LogP contribution in [0, 0.1) is 0 Å². The van der Waals surface area contributed by atoms with Gasteiger partial charge in [-0.3, -0.25) is 9.59 Å². The quantitative estimate of drug-likeness (QED) is 0.517. The highest BCUT2D eigenvalue weighted by atomic mass is 16.6. The molecule has 184 valence electrons. The van der Waals surface area contributed by atoms with E-state index in [0.717, 1.165) is 5.56 Å². The number of hydrogen-bond acceptors (Lipinski definition) is 6. The lowest BCUT2D eigenvalue weighted by molar-refractivity contribution is -0.120. The Morgan fingerprint density at radius 1 is 0.941 bits per heavy atom. The van der Waals surface area contributed by atoms with Gasteiger partial charge in [-0.25, -0.2) is 4.79 Å². The van der Waals surface area contributed by atoms with E-state index in [0.29, 0.717) is 22.6 Å². The summed E-state index contributed by atoms with van der Waals surface area (Å²) in [6, 6.07) is 12.2. The number of amides is 3. The van der Waals surface area contributed by atoms with Gasteiger partial charge < -0.3 is 30.2 Å². The number of nitrogens with one attached hydrogen (secondary N) is 3. The van der Waals surface area contributed by atoms with Gasteiger partial charge in [0.2, 0.25) is 5.91 Å². The van der Waals surface area contributed by atoms with Crippen LogP contribution < -0.4 is 25.4 Å². The summed E-state index contributed by atoms with van der Waals surface area (Å²) in [6.07, 6.45) is -0.674. The molecule has 1 atom stereocenters. The normalized spacial score (nSPS) is 11.7. The van der Waals surface area contributed by atoms with Crippen molar-refractivity contribution in [2.45, 2.75) is 45.9 Å². The maximum atomic E-state index is 13.0. The highest BCUT2D eigenvalue weighted by Crippen LogP contribution is 2.30. The average Bonchev–Trinajstić information content (AvgIpc) is 2.79. The third-order valence-electron chi connectivity index (χ3n) is 4.79. The predicted octanol–water partition coefficient (Wildman–Crippen LogP) is 3.34. The molecule has 2 aromatic carbocycles. The van der Waals surface area contributed by atoms with Gasteiger partial charge in [-0.1, -0.05) is 24.3 Å². The Hall–Kier alpha value is -3.75. The molecule has 0 radical (unpaired) electrons. The van der Waals surface area contributed by atoms with E-state index in [1.165, 1.54) is 0 Å². The molecule has 0 bridgehead atoms. The van der Waals surface area contributed by atoms with Crippen LogP contribution in [-0.4, -0.2) is 44.3 Å². The fourth-order valence-corrected chi connectivity index (χ4v) is 3.10. The minimum atomic E-state index is -0.674. The van der Waals surface area contributed by atoms with Crippen LogP contribution in [0.3, 0.4) is 0 Å². The number of carbonyl (C=O) groups excluding carboxylic acids is 3. The Bertz CT molecular complexity index is 1020. The van der Waals surface area contributed by atoms with Crippen LogP contribution in [-0.2, 0) is 16.1 Å². The zero-order valence-corrected chi connectivity index (χ0v) is 20.5.